The number of carbonyl (C=O) groups is 2. The van der Waals surface area contributed by atoms with Crippen molar-refractivity contribution < 1.29 is 19.1 Å². The van der Waals surface area contributed by atoms with Gasteiger partial charge >= 0.3 is 0 Å². The molecule has 136 valence electrons. The molecule has 0 aromatic heterocycles. The van der Waals surface area contributed by atoms with Gasteiger partial charge in [-0.3, -0.25) is 15.0 Å². The zero-order valence-corrected chi connectivity index (χ0v) is 15.5. The number of rotatable bonds is 5. The number of amides is 1. The molecular formula is C18H30N2O4. The van der Waals surface area contributed by atoms with Gasteiger partial charge < -0.3 is 14.9 Å². The third-order valence-corrected chi connectivity index (χ3v) is 4.81. The SMILES string of the molecule is CCC1(C)COC(C)(CC(=O)NNC2=CC(=O)CC(C)(C)C2)OC1. The fraction of sp³-hybridized carbons (Fsp3) is 0.778. The Kier molecular flexibility index (Phi) is 5.40. The van der Waals surface area contributed by atoms with Gasteiger partial charge in [0.05, 0.1) is 19.6 Å². The normalized spacial score (nSPS) is 32.9. The molecule has 0 atom stereocenters. The topological polar surface area (TPSA) is 76.7 Å². The molecule has 1 saturated heterocycles. The summed E-state index contributed by atoms with van der Waals surface area (Å²) in [4.78, 5) is 23.9. The molecule has 0 aromatic rings. The lowest BCUT2D eigenvalue weighted by Crippen LogP contribution is -2.50. The lowest BCUT2D eigenvalue weighted by molar-refractivity contribution is -0.292. The molecule has 1 aliphatic heterocycles. The Morgan fingerprint density at radius 1 is 1.17 bits per heavy atom. The Bertz CT molecular complexity index is 531. The van der Waals surface area contributed by atoms with Crippen molar-refractivity contribution in [1.82, 2.24) is 10.9 Å². The number of hydrogen-bond acceptors (Lipinski definition) is 5. The number of allylic oxidation sites excluding steroid dienone is 2. The Labute approximate surface area is 144 Å². The summed E-state index contributed by atoms with van der Waals surface area (Å²) in [6.07, 6.45) is 3.88. The molecule has 1 heterocycles. The minimum absolute atomic E-state index is 0.00703. The van der Waals surface area contributed by atoms with E-state index in [0.717, 1.165) is 18.5 Å². The summed E-state index contributed by atoms with van der Waals surface area (Å²) in [6.45, 7) is 11.2. The predicted molar refractivity (Wildman–Crippen MR) is 90.7 cm³/mol. The van der Waals surface area contributed by atoms with Crippen molar-refractivity contribution in [2.75, 3.05) is 13.2 Å². The molecule has 0 unspecified atom stereocenters. The number of hydrazine groups is 1. The summed E-state index contributed by atoms with van der Waals surface area (Å²) in [5.74, 6) is -1.06. The number of carbonyl (C=O) groups excluding carboxylic acids is 2. The van der Waals surface area contributed by atoms with Gasteiger partial charge in [-0.15, -0.1) is 0 Å². The van der Waals surface area contributed by atoms with Gasteiger partial charge in [0.1, 0.15) is 0 Å². The van der Waals surface area contributed by atoms with Crippen molar-refractivity contribution in [2.45, 2.75) is 66.1 Å². The second kappa shape index (κ2) is 6.84. The molecule has 6 heteroatoms. The maximum atomic E-state index is 12.2. The van der Waals surface area contributed by atoms with E-state index in [-0.39, 0.29) is 28.9 Å². The molecule has 2 N–H and O–H groups in total. The van der Waals surface area contributed by atoms with E-state index >= 15 is 0 Å². The van der Waals surface area contributed by atoms with Crippen molar-refractivity contribution in [2.24, 2.45) is 10.8 Å². The van der Waals surface area contributed by atoms with Gasteiger partial charge in [-0.25, -0.2) is 0 Å². The van der Waals surface area contributed by atoms with E-state index in [9.17, 15) is 9.59 Å². The molecule has 0 bridgehead atoms. The smallest absolute Gasteiger partial charge is 0.243 e. The van der Waals surface area contributed by atoms with Crippen molar-refractivity contribution in [3.63, 3.8) is 0 Å². The van der Waals surface area contributed by atoms with Crippen LogP contribution in [0.5, 0.6) is 0 Å². The summed E-state index contributed by atoms with van der Waals surface area (Å²) < 4.78 is 11.6. The standard InChI is InChI=1S/C18H30N2O4/c1-6-17(4)11-23-18(5,24-12-17)10-15(22)20-19-13-7-14(21)9-16(2,3)8-13/h7,19H,6,8-12H2,1-5H3,(H,20,22). The maximum Gasteiger partial charge on any atom is 0.243 e. The van der Waals surface area contributed by atoms with Crippen LogP contribution in [0, 0.1) is 10.8 Å². The highest BCUT2D eigenvalue weighted by Gasteiger charge is 2.40. The molecule has 6 nitrogen and oxygen atoms in total. The first-order valence-corrected chi connectivity index (χ1v) is 8.61. The molecule has 0 aromatic carbocycles. The molecule has 2 rings (SSSR count). The monoisotopic (exact) mass is 338 g/mol. The Hall–Kier alpha value is -1.40. The molecule has 2 aliphatic rings. The van der Waals surface area contributed by atoms with Gasteiger partial charge in [-0.05, 0) is 25.2 Å². The quantitative estimate of drug-likeness (QED) is 0.753. The minimum atomic E-state index is -0.906. The molecule has 1 aliphatic carbocycles. The Morgan fingerprint density at radius 3 is 2.33 bits per heavy atom. The average Bonchev–Trinajstić information content (AvgIpc) is 2.47. The summed E-state index contributed by atoms with van der Waals surface area (Å²) in [7, 11) is 0. The second-order valence-electron chi connectivity index (χ2n) is 8.38. The summed E-state index contributed by atoms with van der Waals surface area (Å²) in [6, 6.07) is 0. The van der Waals surface area contributed by atoms with Crippen molar-refractivity contribution in [1.29, 1.82) is 0 Å². The fourth-order valence-electron chi connectivity index (χ4n) is 2.96. The van der Waals surface area contributed by atoms with Crippen LogP contribution in [0.2, 0.25) is 0 Å². The first-order chi connectivity index (χ1) is 11.0. The van der Waals surface area contributed by atoms with Crippen LogP contribution >= 0.6 is 0 Å². The molecule has 0 spiro atoms. The van der Waals surface area contributed by atoms with E-state index in [1.165, 1.54) is 0 Å². The first-order valence-electron chi connectivity index (χ1n) is 8.61. The van der Waals surface area contributed by atoms with Gasteiger partial charge in [0.2, 0.25) is 5.91 Å². The van der Waals surface area contributed by atoms with Crippen LogP contribution in [0.25, 0.3) is 0 Å². The molecule has 24 heavy (non-hydrogen) atoms. The lowest BCUT2D eigenvalue weighted by Gasteiger charge is -2.42. The second-order valence-corrected chi connectivity index (χ2v) is 8.38. The van der Waals surface area contributed by atoms with Crippen molar-refractivity contribution >= 4 is 11.7 Å². The lowest BCUT2D eigenvalue weighted by atomic mass is 9.79. The molecular weight excluding hydrogens is 308 g/mol. The van der Waals surface area contributed by atoms with Crippen LogP contribution in [0.15, 0.2) is 11.8 Å². The molecule has 1 fully saturated rings. The third kappa shape index (κ3) is 5.05. The van der Waals surface area contributed by atoms with E-state index in [1.807, 2.05) is 13.8 Å². The maximum absolute atomic E-state index is 12.2. The van der Waals surface area contributed by atoms with Crippen LogP contribution < -0.4 is 10.9 Å². The van der Waals surface area contributed by atoms with Gasteiger partial charge in [-0.2, -0.15) is 0 Å². The van der Waals surface area contributed by atoms with E-state index in [1.54, 1.807) is 13.0 Å². The largest absolute Gasteiger partial charge is 0.349 e. The Balaban J connectivity index is 1.83. The highest BCUT2D eigenvalue weighted by Crippen LogP contribution is 2.34. The first kappa shape index (κ1) is 18.9. The Morgan fingerprint density at radius 2 is 1.79 bits per heavy atom. The summed E-state index contributed by atoms with van der Waals surface area (Å²) in [5.41, 5.74) is 6.17. The van der Waals surface area contributed by atoms with E-state index < -0.39 is 5.79 Å². The summed E-state index contributed by atoms with van der Waals surface area (Å²) in [5, 5.41) is 0. The van der Waals surface area contributed by atoms with Gasteiger partial charge in [-0.1, -0.05) is 27.7 Å². The minimum Gasteiger partial charge on any atom is -0.349 e. The zero-order valence-electron chi connectivity index (χ0n) is 15.5. The number of nitrogens with one attached hydrogen (secondary N) is 2. The van der Waals surface area contributed by atoms with E-state index in [0.29, 0.717) is 19.6 Å². The van der Waals surface area contributed by atoms with Crippen LogP contribution in [0.3, 0.4) is 0 Å². The van der Waals surface area contributed by atoms with Crippen LogP contribution in [-0.4, -0.2) is 30.7 Å². The fourth-order valence-corrected chi connectivity index (χ4v) is 2.96. The molecule has 1 amide bonds. The third-order valence-electron chi connectivity index (χ3n) is 4.81. The highest BCUT2D eigenvalue weighted by molar-refractivity contribution is 5.91. The average molecular weight is 338 g/mol. The van der Waals surface area contributed by atoms with Crippen LogP contribution in [-0.2, 0) is 19.1 Å². The summed E-state index contributed by atoms with van der Waals surface area (Å²) >= 11 is 0. The highest BCUT2D eigenvalue weighted by atomic mass is 16.7. The molecule has 0 radical (unpaired) electrons. The van der Waals surface area contributed by atoms with Gasteiger partial charge in [0.25, 0.3) is 0 Å². The van der Waals surface area contributed by atoms with Crippen molar-refractivity contribution in [3.8, 4) is 0 Å². The van der Waals surface area contributed by atoms with Crippen molar-refractivity contribution in [3.05, 3.63) is 11.8 Å². The zero-order chi connectivity index (χ0) is 18.0. The predicted octanol–water partition coefficient (Wildman–Crippen LogP) is 2.45. The van der Waals surface area contributed by atoms with Crippen LogP contribution in [0.4, 0.5) is 0 Å². The number of ether oxygens (including phenoxy) is 2. The van der Waals surface area contributed by atoms with Gasteiger partial charge in [0.15, 0.2) is 11.6 Å². The van der Waals surface area contributed by atoms with Crippen LogP contribution in [0.1, 0.15) is 60.3 Å². The van der Waals surface area contributed by atoms with E-state index in [4.69, 9.17) is 9.47 Å². The molecule has 0 saturated carbocycles. The number of hydrogen-bond donors (Lipinski definition) is 2. The van der Waals surface area contributed by atoms with E-state index in [2.05, 4.69) is 24.7 Å². The number of ketones is 1. The van der Waals surface area contributed by atoms with Gasteiger partial charge in [0, 0.05) is 23.6 Å².